The van der Waals surface area contributed by atoms with E-state index in [0.717, 1.165) is 6.42 Å². The first-order chi connectivity index (χ1) is 9.85. The summed E-state index contributed by atoms with van der Waals surface area (Å²) in [7, 11) is 0. The molecule has 0 atom stereocenters. The molecule has 0 spiro atoms. The van der Waals surface area contributed by atoms with Crippen LogP contribution in [0.2, 0.25) is 0 Å². The van der Waals surface area contributed by atoms with Gasteiger partial charge in [-0.05, 0) is 28.7 Å². The Morgan fingerprint density at radius 3 is 1.43 bits per heavy atom. The summed E-state index contributed by atoms with van der Waals surface area (Å²) in [6.45, 7) is 0. The Hall–Kier alpha value is 2.56. The maximum absolute atomic E-state index is 2.39. The quantitative estimate of drug-likeness (QED) is 0.281. The summed E-state index contributed by atoms with van der Waals surface area (Å²) in [5.74, 6) is 0. The van der Waals surface area contributed by atoms with Gasteiger partial charge in [0.15, 0.2) is 0 Å². The minimum absolute atomic E-state index is 0. The number of rotatable bonds is 0. The van der Waals surface area contributed by atoms with E-state index in [2.05, 4.69) is 135 Å². The molecule has 116 valence electrons. The molecule has 2 aromatic rings. The van der Waals surface area contributed by atoms with Gasteiger partial charge < -0.3 is 0 Å². The van der Waals surface area contributed by atoms with Crippen LogP contribution < -0.4 is 13.3 Å². The summed E-state index contributed by atoms with van der Waals surface area (Å²) < 4.78 is 0. The Kier molecular flexibility index (Phi) is 16.7. The van der Waals surface area contributed by atoms with Crippen LogP contribution in [-0.4, -0.2) is 0 Å². The Morgan fingerprint density at radius 1 is 0.714 bits per heavy atom. The van der Waals surface area contributed by atoms with Gasteiger partial charge in [-0.2, -0.15) is 0 Å². The molecule has 0 fully saturated rings. The van der Waals surface area contributed by atoms with E-state index in [0.29, 0.717) is 13.3 Å². The molecule has 0 saturated carbocycles. The van der Waals surface area contributed by atoms with Crippen LogP contribution in [0.15, 0.2) is 48.5 Å². The first-order valence-electron chi connectivity index (χ1n) is 5.70. The van der Waals surface area contributed by atoms with Crippen molar-refractivity contribution >= 4 is 111 Å². The second kappa shape index (κ2) is 14.9. The summed E-state index contributed by atoms with van der Waals surface area (Å²) in [5.41, 5.74) is 5.51. The summed E-state index contributed by atoms with van der Waals surface area (Å²) in [6, 6.07) is 17.2. The van der Waals surface area contributed by atoms with E-state index in [1.807, 2.05) is 0 Å². The molecular formula is C15H13I6-. The van der Waals surface area contributed by atoms with Crippen LogP contribution >= 0.6 is 98.4 Å². The number of halogens is 6. The van der Waals surface area contributed by atoms with Crippen molar-refractivity contribution in [2.75, 3.05) is 0 Å². The molecule has 3 rings (SSSR count). The first-order valence-corrected chi connectivity index (χ1v) is 24.6. The molecule has 0 heterocycles. The molecule has 0 radical (unpaired) electrons. The third-order valence-corrected chi connectivity index (χ3v) is 2.93. The van der Waals surface area contributed by atoms with Gasteiger partial charge in [-0.15, -0.1) is 24.0 Å². The molecule has 0 nitrogen and oxygen atoms in total. The number of hydrogen-bond donors (Lipinski definition) is 0. The average Bonchev–Trinajstić information content (AvgIpc) is 2.69. The normalized spacial score (nSPS) is 10.5. The zero-order valence-corrected chi connectivity index (χ0v) is 23.9. The van der Waals surface area contributed by atoms with Gasteiger partial charge in [0.2, 0.25) is 0 Å². The number of hydrogen-bond acceptors (Lipinski definition) is 0. The van der Waals surface area contributed by atoms with E-state index in [-0.39, 0.29) is 24.0 Å². The van der Waals surface area contributed by atoms with E-state index in [1.54, 1.807) is 0 Å². The Bertz CT molecular complexity index is 506. The van der Waals surface area contributed by atoms with Crippen molar-refractivity contribution in [3.63, 3.8) is 0 Å². The zero-order valence-electron chi connectivity index (χ0n) is 10.8. The third-order valence-electron chi connectivity index (χ3n) is 2.93. The van der Waals surface area contributed by atoms with Crippen molar-refractivity contribution in [1.29, 1.82) is 0 Å². The van der Waals surface area contributed by atoms with E-state index in [4.69, 9.17) is 0 Å². The van der Waals surface area contributed by atoms with Crippen molar-refractivity contribution in [3.8, 4) is 0 Å². The first kappa shape index (κ1) is 23.6. The Balaban J connectivity index is 0.000000599. The van der Waals surface area contributed by atoms with E-state index in [1.165, 1.54) is 22.3 Å². The summed E-state index contributed by atoms with van der Waals surface area (Å²) in [6.07, 6.45) is 5.46. The van der Waals surface area contributed by atoms with Gasteiger partial charge in [-0.25, -0.2) is 0 Å². The maximum atomic E-state index is 2.39. The number of fused-ring (bicyclic) bond motifs is 2. The van der Waals surface area contributed by atoms with Crippen LogP contribution in [0.5, 0.6) is 0 Å². The predicted molar refractivity (Wildman–Crippen MR) is 136 cm³/mol. The SMILES string of the molecule is C1=Cc2ccccc2Cc2ccccc21.I.II.I[I-]I. The molecule has 0 bridgehead atoms. The Morgan fingerprint density at radius 2 is 1.05 bits per heavy atom. The molecule has 1 aliphatic carbocycles. The monoisotopic (exact) mass is 955 g/mol. The van der Waals surface area contributed by atoms with Crippen LogP contribution in [0.25, 0.3) is 12.2 Å². The van der Waals surface area contributed by atoms with Crippen molar-refractivity contribution in [2.45, 2.75) is 6.42 Å². The standard InChI is InChI=1S/C15H12.I3.I2.HI/c1-3-7-14-11-15-8-4-2-6-13(15)10-9-12(14)5-1;1-3-2;1-2;/h1-10H,11H2;;;1H/q;-1;;. The second-order valence-corrected chi connectivity index (χ2v) is 20.2. The van der Waals surface area contributed by atoms with Gasteiger partial charge in [-0.3, -0.25) is 0 Å². The molecular weight excluding hydrogens is 942 g/mol. The van der Waals surface area contributed by atoms with E-state index < -0.39 is 0 Å². The van der Waals surface area contributed by atoms with Crippen LogP contribution in [0, 0.1) is 0 Å². The molecule has 21 heavy (non-hydrogen) atoms. The van der Waals surface area contributed by atoms with Crippen molar-refractivity contribution in [1.82, 2.24) is 0 Å². The molecule has 0 N–H and O–H groups in total. The van der Waals surface area contributed by atoms with Crippen LogP contribution in [0.3, 0.4) is 0 Å². The summed E-state index contributed by atoms with van der Waals surface area (Å²) in [4.78, 5) is 0. The molecule has 0 saturated heterocycles. The van der Waals surface area contributed by atoms with Crippen molar-refractivity contribution < 1.29 is 13.3 Å². The topological polar surface area (TPSA) is 0 Å². The van der Waals surface area contributed by atoms with Gasteiger partial charge in [0.25, 0.3) is 0 Å². The van der Waals surface area contributed by atoms with E-state index in [9.17, 15) is 0 Å². The molecule has 0 aliphatic heterocycles. The Labute approximate surface area is 197 Å². The zero-order chi connectivity index (χ0) is 14.8. The molecule has 0 unspecified atom stereocenters. The minimum atomic E-state index is 0. The van der Waals surface area contributed by atoms with E-state index >= 15 is 0 Å². The fourth-order valence-corrected chi connectivity index (χ4v) is 2.10. The van der Waals surface area contributed by atoms with Crippen molar-refractivity contribution in [2.24, 2.45) is 0 Å². The average molecular weight is 955 g/mol. The van der Waals surface area contributed by atoms with Crippen molar-refractivity contribution in [3.05, 3.63) is 70.8 Å². The molecule has 6 heteroatoms. The van der Waals surface area contributed by atoms with Crippen LogP contribution in [0.1, 0.15) is 22.3 Å². The summed E-state index contributed by atoms with van der Waals surface area (Å²) in [5, 5.41) is 0. The molecule has 2 aromatic carbocycles. The predicted octanol–water partition coefficient (Wildman–Crippen LogP) is 4.93. The third kappa shape index (κ3) is 8.47. The van der Waals surface area contributed by atoms with Gasteiger partial charge in [0.1, 0.15) is 0 Å². The van der Waals surface area contributed by atoms with Gasteiger partial charge in [0, 0.05) is 37.2 Å². The molecule has 1 aliphatic rings. The summed E-state index contributed by atoms with van der Waals surface area (Å²) >= 11 is 9.54. The second-order valence-electron chi connectivity index (χ2n) is 3.96. The fraction of sp³-hybridized carbons (Fsp3) is 0.0667. The molecule has 0 amide bonds. The van der Waals surface area contributed by atoms with Gasteiger partial charge >= 0.3 is 50.5 Å². The van der Waals surface area contributed by atoms with Crippen LogP contribution in [0.4, 0.5) is 0 Å². The van der Waals surface area contributed by atoms with Gasteiger partial charge in [-0.1, -0.05) is 60.7 Å². The fourth-order valence-electron chi connectivity index (χ4n) is 2.10. The molecule has 0 aromatic heterocycles. The van der Waals surface area contributed by atoms with Crippen LogP contribution in [-0.2, 0) is 6.42 Å². The number of benzene rings is 2. The van der Waals surface area contributed by atoms with Gasteiger partial charge in [0.05, 0.1) is 0 Å².